The Balaban J connectivity index is 1.90. The highest BCUT2D eigenvalue weighted by Crippen LogP contribution is 2.15. The first-order chi connectivity index (χ1) is 13.7. The first-order valence-electron chi connectivity index (χ1n) is 9.88. The third kappa shape index (κ3) is 7.04. The molecule has 10 nitrogen and oxygen atoms in total. The van der Waals surface area contributed by atoms with Crippen molar-refractivity contribution < 1.29 is 19.1 Å². The lowest BCUT2D eigenvalue weighted by atomic mass is 10.1. The number of carbonyl (C=O) groups is 2. The second-order valence-electron chi connectivity index (χ2n) is 7.84. The number of piperazine rings is 1. The van der Waals surface area contributed by atoms with Gasteiger partial charge in [-0.3, -0.25) is 20.5 Å². The molecule has 1 atom stereocenters. The number of anilines is 1. The van der Waals surface area contributed by atoms with Gasteiger partial charge in [0.2, 0.25) is 11.8 Å². The molecule has 2 heterocycles. The van der Waals surface area contributed by atoms with Crippen LogP contribution in [0.2, 0.25) is 0 Å². The zero-order valence-electron chi connectivity index (χ0n) is 17.9. The molecule has 2 N–H and O–H groups in total. The second kappa shape index (κ2) is 10.2. The number of amides is 2. The first kappa shape index (κ1) is 22.7. The zero-order chi connectivity index (χ0) is 21.4. The van der Waals surface area contributed by atoms with E-state index in [2.05, 4.69) is 25.7 Å². The molecule has 0 saturated carbocycles. The van der Waals surface area contributed by atoms with E-state index in [4.69, 9.17) is 9.47 Å². The molecule has 0 spiro atoms. The summed E-state index contributed by atoms with van der Waals surface area (Å²) in [5, 5.41) is 0. The van der Waals surface area contributed by atoms with Crippen molar-refractivity contribution >= 4 is 17.9 Å². The van der Waals surface area contributed by atoms with Crippen LogP contribution in [-0.4, -0.2) is 76.7 Å². The van der Waals surface area contributed by atoms with Gasteiger partial charge in [-0.05, 0) is 27.2 Å². The first-order valence-corrected chi connectivity index (χ1v) is 9.88. The van der Waals surface area contributed by atoms with Gasteiger partial charge < -0.3 is 14.4 Å². The molecular weight excluding hydrogens is 376 g/mol. The second-order valence-corrected chi connectivity index (χ2v) is 7.84. The summed E-state index contributed by atoms with van der Waals surface area (Å²) in [5.41, 5.74) is 4.90. The molecule has 1 unspecified atom stereocenters. The number of rotatable bonds is 7. The van der Waals surface area contributed by atoms with Crippen LogP contribution >= 0.6 is 0 Å². The molecule has 0 radical (unpaired) electrons. The number of nitrogens with zero attached hydrogens (tertiary/aromatic N) is 4. The molecule has 0 aliphatic carbocycles. The standard InChI is InChI=1S/C19H32N6O4/c1-6-7-14(16(26)22-23-17-20-9-8-15(21-17)28-5)24-10-12-25(13-11-24)18(27)29-19(2,3)4/h8-9,14H,6-7,10-13H2,1-5H3,(H,22,26)(H,20,21,23). The van der Waals surface area contributed by atoms with Crippen molar-refractivity contribution in [3.05, 3.63) is 12.3 Å². The topological polar surface area (TPSA) is 109 Å². The Bertz CT molecular complexity index is 686. The third-order valence-electron chi connectivity index (χ3n) is 4.41. The Labute approximate surface area is 171 Å². The number of carbonyl (C=O) groups excluding carboxylic acids is 2. The Morgan fingerprint density at radius 2 is 1.93 bits per heavy atom. The van der Waals surface area contributed by atoms with Crippen LogP contribution in [0.25, 0.3) is 0 Å². The summed E-state index contributed by atoms with van der Waals surface area (Å²) in [4.78, 5) is 36.9. The maximum Gasteiger partial charge on any atom is 0.410 e. The molecule has 1 aromatic heterocycles. The molecule has 0 bridgehead atoms. The summed E-state index contributed by atoms with van der Waals surface area (Å²) >= 11 is 0. The molecule has 0 aromatic carbocycles. The van der Waals surface area contributed by atoms with Gasteiger partial charge in [-0.25, -0.2) is 9.78 Å². The number of hydrazine groups is 1. The number of aromatic nitrogens is 2. The van der Waals surface area contributed by atoms with Gasteiger partial charge in [-0.1, -0.05) is 13.3 Å². The average molecular weight is 409 g/mol. The van der Waals surface area contributed by atoms with Crippen LogP contribution in [-0.2, 0) is 9.53 Å². The minimum Gasteiger partial charge on any atom is -0.481 e. The maximum absolute atomic E-state index is 12.8. The van der Waals surface area contributed by atoms with Crippen LogP contribution in [0.5, 0.6) is 5.88 Å². The molecule has 2 rings (SSSR count). The fourth-order valence-electron chi connectivity index (χ4n) is 3.01. The molecule has 29 heavy (non-hydrogen) atoms. The number of methoxy groups -OCH3 is 1. The van der Waals surface area contributed by atoms with Crippen LogP contribution in [0.15, 0.2) is 12.3 Å². The summed E-state index contributed by atoms with van der Waals surface area (Å²) in [7, 11) is 1.51. The number of hydrogen-bond acceptors (Lipinski definition) is 8. The highest BCUT2D eigenvalue weighted by molar-refractivity contribution is 5.82. The van der Waals surface area contributed by atoms with Crippen molar-refractivity contribution in [2.24, 2.45) is 0 Å². The van der Waals surface area contributed by atoms with Crippen molar-refractivity contribution in [2.75, 3.05) is 38.7 Å². The molecule has 2 amide bonds. The summed E-state index contributed by atoms with van der Waals surface area (Å²) < 4.78 is 10.5. The lowest BCUT2D eigenvalue weighted by Gasteiger charge is -2.38. The largest absolute Gasteiger partial charge is 0.481 e. The van der Waals surface area contributed by atoms with Crippen molar-refractivity contribution in [3.63, 3.8) is 0 Å². The van der Waals surface area contributed by atoms with Gasteiger partial charge in [0.05, 0.1) is 13.2 Å². The lowest BCUT2D eigenvalue weighted by molar-refractivity contribution is -0.126. The lowest BCUT2D eigenvalue weighted by Crippen LogP contribution is -2.56. The molecular formula is C19H32N6O4. The number of ether oxygens (including phenoxy) is 2. The smallest absolute Gasteiger partial charge is 0.410 e. The monoisotopic (exact) mass is 408 g/mol. The molecule has 1 saturated heterocycles. The van der Waals surface area contributed by atoms with E-state index in [1.165, 1.54) is 7.11 Å². The van der Waals surface area contributed by atoms with Gasteiger partial charge in [0.15, 0.2) is 0 Å². The summed E-state index contributed by atoms with van der Waals surface area (Å²) in [6.07, 6.45) is 2.80. The fraction of sp³-hybridized carbons (Fsp3) is 0.684. The van der Waals surface area contributed by atoms with Gasteiger partial charge in [0.1, 0.15) is 5.60 Å². The summed E-state index contributed by atoms with van der Waals surface area (Å²) in [5.74, 6) is 0.492. The van der Waals surface area contributed by atoms with Crippen molar-refractivity contribution in [1.29, 1.82) is 0 Å². The van der Waals surface area contributed by atoms with Crippen LogP contribution in [0.3, 0.4) is 0 Å². The summed E-state index contributed by atoms with van der Waals surface area (Å²) in [6, 6.07) is 1.32. The SMILES string of the molecule is CCCC(C(=O)NNc1nccc(OC)n1)N1CCN(C(=O)OC(C)(C)C)CC1. The minimum absolute atomic E-state index is 0.163. The zero-order valence-corrected chi connectivity index (χ0v) is 17.9. The molecule has 1 fully saturated rings. The Morgan fingerprint density at radius 1 is 1.24 bits per heavy atom. The molecule has 1 aliphatic heterocycles. The van der Waals surface area contributed by atoms with E-state index in [-0.39, 0.29) is 24.0 Å². The summed E-state index contributed by atoms with van der Waals surface area (Å²) in [6.45, 7) is 9.84. The average Bonchev–Trinajstić information content (AvgIpc) is 2.69. The molecule has 1 aliphatic rings. The Morgan fingerprint density at radius 3 is 2.52 bits per heavy atom. The van der Waals surface area contributed by atoms with Gasteiger partial charge in [-0.2, -0.15) is 4.98 Å². The molecule has 1 aromatic rings. The van der Waals surface area contributed by atoms with Crippen LogP contribution in [0.1, 0.15) is 40.5 Å². The van der Waals surface area contributed by atoms with E-state index in [1.54, 1.807) is 17.2 Å². The number of nitrogens with one attached hydrogen (secondary N) is 2. The van der Waals surface area contributed by atoms with Crippen LogP contribution in [0, 0.1) is 0 Å². The highest BCUT2D eigenvalue weighted by atomic mass is 16.6. The van der Waals surface area contributed by atoms with Crippen molar-refractivity contribution in [3.8, 4) is 5.88 Å². The van der Waals surface area contributed by atoms with E-state index in [0.717, 1.165) is 6.42 Å². The predicted octanol–water partition coefficient (Wildman–Crippen LogP) is 1.65. The van der Waals surface area contributed by atoms with Gasteiger partial charge in [0, 0.05) is 38.4 Å². The van der Waals surface area contributed by atoms with E-state index in [1.807, 2.05) is 27.7 Å². The van der Waals surface area contributed by atoms with Crippen LogP contribution < -0.4 is 15.6 Å². The minimum atomic E-state index is -0.521. The highest BCUT2D eigenvalue weighted by Gasteiger charge is 2.31. The Kier molecular flexibility index (Phi) is 8.00. The van der Waals surface area contributed by atoms with Gasteiger partial charge in [-0.15, -0.1) is 0 Å². The van der Waals surface area contributed by atoms with E-state index >= 15 is 0 Å². The van der Waals surface area contributed by atoms with Crippen molar-refractivity contribution in [2.45, 2.75) is 52.2 Å². The van der Waals surface area contributed by atoms with E-state index < -0.39 is 5.60 Å². The van der Waals surface area contributed by atoms with E-state index in [0.29, 0.717) is 38.5 Å². The quantitative estimate of drug-likeness (QED) is 0.656. The molecule has 10 heteroatoms. The third-order valence-corrected chi connectivity index (χ3v) is 4.41. The predicted molar refractivity (Wildman–Crippen MR) is 108 cm³/mol. The fourth-order valence-corrected chi connectivity index (χ4v) is 3.01. The normalized spacial score (nSPS) is 16.1. The Hall–Kier alpha value is -2.62. The molecule has 162 valence electrons. The van der Waals surface area contributed by atoms with Crippen molar-refractivity contribution in [1.82, 2.24) is 25.2 Å². The van der Waals surface area contributed by atoms with Crippen LogP contribution in [0.4, 0.5) is 10.7 Å². The maximum atomic E-state index is 12.8. The van der Waals surface area contributed by atoms with Gasteiger partial charge >= 0.3 is 6.09 Å². The van der Waals surface area contributed by atoms with Gasteiger partial charge in [0.25, 0.3) is 5.91 Å². The number of hydrogen-bond donors (Lipinski definition) is 2. The van der Waals surface area contributed by atoms with E-state index in [9.17, 15) is 9.59 Å².